The van der Waals surface area contributed by atoms with Crippen molar-refractivity contribution in [2.75, 3.05) is 20.2 Å². The van der Waals surface area contributed by atoms with Crippen LogP contribution in [0.5, 0.6) is 5.88 Å². The van der Waals surface area contributed by atoms with Crippen LogP contribution in [-0.4, -0.2) is 36.2 Å². The lowest BCUT2D eigenvalue weighted by Crippen LogP contribution is -2.32. The van der Waals surface area contributed by atoms with Crippen LogP contribution in [0.25, 0.3) is 0 Å². The highest BCUT2D eigenvalue weighted by atomic mass is 16.5. The number of aromatic nitrogens is 1. The second kappa shape index (κ2) is 6.15. The maximum absolute atomic E-state index is 12.0. The minimum absolute atomic E-state index is 0.125. The van der Waals surface area contributed by atoms with Crippen molar-refractivity contribution in [3.05, 3.63) is 11.8 Å². The summed E-state index contributed by atoms with van der Waals surface area (Å²) in [4.78, 5) is 13.8. The van der Waals surface area contributed by atoms with E-state index in [1.165, 1.54) is 13.2 Å². The topological polar surface area (TPSA) is 55.6 Å². The molecule has 0 spiro atoms. The predicted octanol–water partition coefficient (Wildman–Crippen LogP) is 1.95. The normalized spacial score (nSPS) is 10.2. The number of hydrogen-bond donors (Lipinski definition) is 0. The van der Waals surface area contributed by atoms with Gasteiger partial charge in [0.15, 0.2) is 0 Å². The molecule has 0 radical (unpaired) electrons. The number of carbonyl (C=O) groups is 1. The molecule has 0 saturated carbocycles. The van der Waals surface area contributed by atoms with Crippen LogP contribution < -0.4 is 4.74 Å². The molecular formula is C11H18N2O3. The predicted molar refractivity (Wildman–Crippen MR) is 59.5 cm³/mol. The van der Waals surface area contributed by atoms with Crippen LogP contribution >= 0.6 is 0 Å². The van der Waals surface area contributed by atoms with Gasteiger partial charge in [0.05, 0.1) is 13.2 Å². The Kier molecular flexibility index (Phi) is 4.82. The first kappa shape index (κ1) is 12.5. The van der Waals surface area contributed by atoms with E-state index in [2.05, 4.69) is 5.16 Å². The number of ether oxygens (including phenoxy) is 1. The summed E-state index contributed by atoms with van der Waals surface area (Å²) in [5.41, 5.74) is 0. The summed E-state index contributed by atoms with van der Waals surface area (Å²) in [5.74, 6) is 0.439. The van der Waals surface area contributed by atoms with Crippen LogP contribution in [0.2, 0.25) is 0 Å². The summed E-state index contributed by atoms with van der Waals surface area (Å²) in [6.07, 6.45) is 1.86. The first-order valence-corrected chi connectivity index (χ1v) is 5.52. The zero-order chi connectivity index (χ0) is 12.0. The van der Waals surface area contributed by atoms with E-state index in [4.69, 9.17) is 9.26 Å². The van der Waals surface area contributed by atoms with Gasteiger partial charge in [-0.1, -0.05) is 13.8 Å². The number of carbonyl (C=O) groups excluding carboxylic acids is 1. The highest BCUT2D eigenvalue weighted by Gasteiger charge is 2.19. The Hall–Kier alpha value is -1.52. The molecule has 0 aromatic carbocycles. The minimum atomic E-state index is -0.125. The van der Waals surface area contributed by atoms with E-state index in [9.17, 15) is 4.79 Å². The second-order valence-corrected chi connectivity index (χ2v) is 3.53. The average molecular weight is 226 g/mol. The van der Waals surface area contributed by atoms with Gasteiger partial charge in [-0.3, -0.25) is 4.79 Å². The fraction of sp³-hybridized carbons (Fsp3) is 0.636. The maximum Gasteiger partial charge on any atom is 0.292 e. The SMILES string of the molecule is CCCN(CCC)C(=O)c1cc(OC)no1. The van der Waals surface area contributed by atoms with Crippen LogP contribution in [-0.2, 0) is 0 Å². The minimum Gasteiger partial charge on any atom is -0.479 e. The zero-order valence-corrected chi connectivity index (χ0v) is 10.0. The molecule has 1 heterocycles. The van der Waals surface area contributed by atoms with Gasteiger partial charge >= 0.3 is 0 Å². The molecule has 90 valence electrons. The van der Waals surface area contributed by atoms with Crippen LogP contribution in [0.3, 0.4) is 0 Å². The number of amides is 1. The van der Waals surface area contributed by atoms with Gasteiger partial charge in [-0.25, -0.2) is 0 Å². The van der Waals surface area contributed by atoms with E-state index in [0.717, 1.165) is 25.9 Å². The molecule has 1 rings (SSSR count). The summed E-state index contributed by atoms with van der Waals surface area (Å²) >= 11 is 0. The lowest BCUT2D eigenvalue weighted by Gasteiger charge is -2.19. The van der Waals surface area contributed by atoms with E-state index in [1.54, 1.807) is 4.90 Å². The summed E-state index contributed by atoms with van der Waals surface area (Å²) < 4.78 is 9.79. The summed E-state index contributed by atoms with van der Waals surface area (Å²) in [6, 6.07) is 1.51. The summed E-state index contributed by atoms with van der Waals surface area (Å²) in [5, 5.41) is 3.61. The van der Waals surface area contributed by atoms with E-state index in [-0.39, 0.29) is 11.7 Å². The van der Waals surface area contributed by atoms with Crippen LogP contribution in [0, 0.1) is 0 Å². The largest absolute Gasteiger partial charge is 0.479 e. The number of nitrogens with zero attached hydrogens (tertiary/aromatic N) is 2. The van der Waals surface area contributed by atoms with Crippen molar-refractivity contribution >= 4 is 5.91 Å². The fourth-order valence-corrected chi connectivity index (χ4v) is 1.47. The smallest absolute Gasteiger partial charge is 0.292 e. The van der Waals surface area contributed by atoms with Crippen LogP contribution in [0.15, 0.2) is 10.6 Å². The van der Waals surface area contributed by atoms with E-state index in [1.807, 2.05) is 13.8 Å². The van der Waals surface area contributed by atoms with Crippen LogP contribution in [0.1, 0.15) is 37.2 Å². The Bertz CT molecular complexity index is 330. The molecule has 0 saturated heterocycles. The molecule has 1 aromatic heterocycles. The van der Waals surface area contributed by atoms with Gasteiger partial charge in [0, 0.05) is 13.1 Å². The number of rotatable bonds is 6. The molecule has 5 heteroatoms. The van der Waals surface area contributed by atoms with Crippen molar-refractivity contribution in [3.63, 3.8) is 0 Å². The third kappa shape index (κ3) is 2.98. The molecular weight excluding hydrogens is 208 g/mol. The average Bonchev–Trinajstić information content (AvgIpc) is 2.76. The van der Waals surface area contributed by atoms with Crippen molar-refractivity contribution in [2.24, 2.45) is 0 Å². The van der Waals surface area contributed by atoms with Crippen molar-refractivity contribution in [1.29, 1.82) is 0 Å². The van der Waals surface area contributed by atoms with Gasteiger partial charge < -0.3 is 14.2 Å². The maximum atomic E-state index is 12.0. The lowest BCUT2D eigenvalue weighted by molar-refractivity contribution is 0.0713. The molecule has 0 atom stereocenters. The van der Waals surface area contributed by atoms with Gasteiger partial charge in [0.25, 0.3) is 11.8 Å². The number of methoxy groups -OCH3 is 1. The van der Waals surface area contributed by atoms with Gasteiger partial charge in [-0.05, 0) is 18.0 Å². The highest BCUT2D eigenvalue weighted by Crippen LogP contribution is 2.13. The van der Waals surface area contributed by atoms with Gasteiger partial charge in [-0.15, -0.1) is 0 Å². The van der Waals surface area contributed by atoms with Gasteiger partial charge in [-0.2, -0.15) is 0 Å². The third-order valence-corrected chi connectivity index (χ3v) is 2.18. The van der Waals surface area contributed by atoms with Crippen LogP contribution in [0.4, 0.5) is 0 Å². The quantitative estimate of drug-likeness (QED) is 0.744. The molecule has 5 nitrogen and oxygen atoms in total. The van der Waals surface area contributed by atoms with E-state index >= 15 is 0 Å². The molecule has 0 bridgehead atoms. The molecule has 0 N–H and O–H groups in total. The molecule has 0 aliphatic carbocycles. The zero-order valence-electron chi connectivity index (χ0n) is 10.0. The Morgan fingerprint density at radius 3 is 2.50 bits per heavy atom. The molecule has 0 fully saturated rings. The van der Waals surface area contributed by atoms with E-state index < -0.39 is 0 Å². The Morgan fingerprint density at radius 1 is 1.44 bits per heavy atom. The Morgan fingerprint density at radius 2 is 2.06 bits per heavy atom. The van der Waals surface area contributed by atoms with Crippen molar-refractivity contribution < 1.29 is 14.1 Å². The lowest BCUT2D eigenvalue weighted by atomic mass is 10.3. The Labute approximate surface area is 95.4 Å². The molecule has 16 heavy (non-hydrogen) atoms. The van der Waals surface area contributed by atoms with E-state index in [0.29, 0.717) is 5.88 Å². The number of hydrogen-bond acceptors (Lipinski definition) is 4. The first-order chi connectivity index (χ1) is 7.72. The molecule has 0 aliphatic heterocycles. The molecule has 0 unspecified atom stereocenters. The third-order valence-electron chi connectivity index (χ3n) is 2.18. The molecule has 0 aliphatic rings. The Balaban J connectivity index is 2.72. The second-order valence-electron chi connectivity index (χ2n) is 3.53. The monoisotopic (exact) mass is 226 g/mol. The van der Waals surface area contributed by atoms with Crippen molar-refractivity contribution in [2.45, 2.75) is 26.7 Å². The summed E-state index contributed by atoms with van der Waals surface area (Å²) in [6.45, 7) is 5.54. The standard InChI is InChI=1S/C11H18N2O3/c1-4-6-13(7-5-2)11(14)9-8-10(15-3)12-16-9/h8H,4-7H2,1-3H3. The van der Waals surface area contributed by atoms with Crippen molar-refractivity contribution in [1.82, 2.24) is 10.1 Å². The van der Waals surface area contributed by atoms with Gasteiger partial charge in [0.2, 0.25) is 5.76 Å². The summed E-state index contributed by atoms with van der Waals surface area (Å²) in [7, 11) is 1.49. The molecule has 1 aromatic rings. The molecule has 1 amide bonds. The first-order valence-electron chi connectivity index (χ1n) is 5.52. The highest BCUT2D eigenvalue weighted by molar-refractivity contribution is 5.91. The van der Waals surface area contributed by atoms with Gasteiger partial charge in [0.1, 0.15) is 0 Å². The van der Waals surface area contributed by atoms with Crippen molar-refractivity contribution in [3.8, 4) is 5.88 Å². The fourth-order valence-electron chi connectivity index (χ4n) is 1.47.